The number of pyridine rings is 1. The molecule has 4 saturated heterocycles. The molecule has 4 atom stereocenters. The van der Waals surface area contributed by atoms with Crippen molar-refractivity contribution in [1.29, 1.82) is 0 Å². The van der Waals surface area contributed by atoms with Crippen LogP contribution in [0.15, 0.2) is 24.4 Å². The van der Waals surface area contributed by atoms with Gasteiger partial charge in [0.2, 0.25) is 5.88 Å². The van der Waals surface area contributed by atoms with Gasteiger partial charge in [0.15, 0.2) is 0 Å². The lowest BCUT2D eigenvalue weighted by atomic mass is 9.94. The summed E-state index contributed by atoms with van der Waals surface area (Å²) in [6.07, 6.45) is 8.41. The summed E-state index contributed by atoms with van der Waals surface area (Å²) in [5, 5.41) is 10.6. The summed E-state index contributed by atoms with van der Waals surface area (Å²) in [4.78, 5) is 32.7. The number of piperazine rings is 1. The average molecular weight is 491 g/mol. The van der Waals surface area contributed by atoms with Crippen LogP contribution in [0, 0.1) is 0 Å². The average Bonchev–Trinajstić information content (AvgIpc) is 3.42. The van der Waals surface area contributed by atoms with E-state index in [1.165, 1.54) is 24.8 Å². The highest BCUT2D eigenvalue weighted by molar-refractivity contribution is 5.94. The lowest BCUT2D eigenvalue weighted by Gasteiger charge is -2.45. The quantitative estimate of drug-likeness (QED) is 0.651. The van der Waals surface area contributed by atoms with Crippen molar-refractivity contribution < 1.29 is 19.4 Å². The van der Waals surface area contributed by atoms with Crippen LogP contribution in [0.4, 0.5) is 10.6 Å². The van der Waals surface area contributed by atoms with E-state index in [4.69, 9.17) is 19.4 Å². The number of nitrogens with zero attached hydrogens (tertiary/aromatic N) is 6. The summed E-state index contributed by atoms with van der Waals surface area (Å²) in [6.45, 7) is 6.77. The molecule has 36 heavy (non-hydrogen) atoms. The van der Waals surface area contributed by atoms with Gasteiger partial charge < -0.3 is 19.5 Å². The normalized spacial score (nSPS) is 33.4. The lowest BCUT2D eigenvalue weighted by molar-refractivity contribution is 0.0772. The molecule has 1 amide bonds. The van der Waals surface area contributed by atoms with E-state index in [-0.39, 0.29) is 23.7 Å². The largest absolute Gasteiger partial charge is 0.475 e. The maximum Gasteiger partial charge on any atom is 0.407 e. The van der Waals surface area contributed by atoms with Crippen molar-refractivity contribution in [1.82, 2.24) is 24.8 Å². The first-order valence-corrected chi connectivity index (χ1v) is 13.1. The van der Waals surface area contributed by atoms with Crippen molar-refractivity contribution >= 4 is 22.8 Å². The molecule has 2 aromatic heterocycles. The molecule has 0 radical (unpaired) electrons. The zero-order valence-electron chi connectivity index (χ0n) is 20.2. The van der Waals surface area contributed by atoms with Crippen LogP contribution in [0.3, 0.4) is 0 Å². The predicted octanol–water partition coefficient (Wildman–Crippen LogP) is 2.82. The highest BCUT2D eigenvalue weighted by atomic mass is 16.5. The molecule has 10 heteroatoms. The SMILES string of the molecule is C=C1CN2C3(CC3)CCC2(COc2nc3c4c(nccc4n2)OCC2C4CCC(CN32)N4C(=O)O)C1. The Kier molecular flexibility index (Phi) is 4.08. The summed E-state index contributed by atoms with van der Waals surface area (Å²) in [6, 6.07) is 1.93. The fraction of sp³-hybridized carbons (Fsp3) is 0.615. The Morgan fingerprint density at radius 3 is 2.92 bits per heavy atom. The number of carboxylic acid groups (broad SMARTS) is 1. The zero-order chi connectivity index (χ0) is 24.2. The highest BCUT2D eigenvalue weighted by Gasteiger charge is 2.63. The molecule has 5 aliphatic heterocycles. The summed E-state index contributed by atoms with van der Waals surface area (Å²) >= 11 is 0. The van der Waals surface area contributed by atoms with Crippen molar-refractivity contribution in [2.45, 2.75) is 74.1 Å². The van der Waals surface area contributed by atoms with E-state index in [0.717, 1.165) is 48.9 Å². The molecule has 0 aromatic carbocycles. The van der Waals surface area contributed by atoms with Gasteiger partial charge in [-0.05, 0) is 51.0 Å². The van der Waals surface area contributed by atoms with Crippen LogP contribution >= 0.6 is 0 Å². The molecular weight excluding hydrogens is 460 g/mol. The van der Waals surface area contributed by atoms with E-state index in [9.17, 15) is 9.90 Å². The second-order valence-corrected chi connectivity index (χ2v) is 11.6. The lowest BCUT2D eigenvalue weighted by Crippen LogP contribution is -2.62. The minimum Gasteiger partial charge on any atom is -0.475 e. The van der Waals surface area contributed by atoms with E-state index < -0.39 is 6.09 Å². The van der Waals surface area contributed by atoms with Crippen LogP contribution in [0.1, 0.15) is 44.9 Å². The van der Waals surface area contributed by atoms with Gasteiger partial charge in [0, 0.05) is 24.8 Å². The van der Waals surface area contributed by atoms with Gasteiger partial charge in [-0.15, -0.1) is 0 Å². The smallest absolute Gasteiger partial charge is 0.407 e. The number of carbonyl (C=O) groups is 1. The van der Waals surface area contributed by atoms with E-state index in [0.29, 0.717) is 37.2 Å². The Morgan fingerprint density at radius 1 is 1.22 bits per heavy atom. The maximum atomic E-state index is 12.0. The maximum absolute atomic E-state index is 12.0. The first kappa shape index (κ1) is 21.0. The summed E-state index contributed by atoms with van der Waals surface area (Å²) in [5.41, 5.74) is 2.38. The van der Waals surface area contributed by atoms with Crippen LogP contribution < -0.4 is 14.4 Å². The van der Waals surface area contributed by atoms with E-state index >= 15 is 0 Å². The molecule has 1 spiro atoms. The fourth-order valence-corrected chi connectivity index (χ4v) is 7.91. The highest BCUT2D eigenvalue weighted by Crippen LogP contribution is 2.59. The van der Waals surface area contributed by atoms with Crippen LogP contribution in [0.25, 0.3) is 10.9 Å². The molecule has 10 nitrogen and oxygen atoms in total. The van der Waals surface area contributed by atoms with Crippen molar-refractivity contribution in [3.05, 3.63) is 24.4 Å². The van der Waals surface area contributed by atoms with Crippen LogP contribution in [0.2, 0.25) is 0 Å². The molecule has 8 rings (SSSR count). The number of ether oxygens (including phenoxy) is 2. The molecule has 4 unspecified atom stereocenters. The van der Waals surface area contributed by atoms with E-state index in [2.05, 4.69) is 21.4 Å². The Bertz CT molecular complexity index is 1310. The second kappa shape index (κ2) is 7.00. The molecule has 5 fully saturated rings. The molecule has 1 N–H and O–H groups in total. The Morgan fingerprint density at radius 2 is 2.08 bits per heavy atom. The standard InChI is InChI=1S/C26H30N6O4/c1-15-10-26(8-7-25(5-6-25)31(26)11-15)14-36-23-28-17-4-9-27-22-20(17)21(29-23)30-12-16-2-3-18(19(30)13-35-22)32(16)24(33)34/h4,9,16,18-19H,1-3,5-8,10-14H2,(H,33,34). The third-order valence-electron chi connectivity index (χ3n) is 9.68. The zero-order valence-corrected chi connectivity index (χ0v) is 20.2. The van der Waals surface area contributed by atoms with Gasteiger partial charge in [0.25, 0.3) is 0 Å². The van der Waals surface area contributed by atoms with Crippen molar-refractivity contribution in [2.24, 2.45) is 0 Å². The van der Waals surface area contributed by atoms with Crippen LogP contribution in [0.5, 0.6) is 11.9 Å². The molecule has 2 aromatic rings. The molecule has 7 heterocycles. The Labute approximate surface area is 208 Å². The molecule has 1 saturated carbocycles. The number of rotatable bonds is 3. The second-order valence-electron chi connectivity index (χ2n) is 11.6. The number of hydrogen-bond donors (Lipinski definition) is 1. The number of amides is 1. The third-order valence-corrected chi connectivity index (χ3v) is 9.68. The van der Waals surface area contributed by atoms with Crippen LogP contribution in [-0.4, -0.2) is 91.5 Å². The molecular formula is C26H30N6O4. The monoisotopic (exact) mass is 490 g/mol. The molecule has 188 valence electrons. The van der Waals surface area contributed by atoms with E-state index in [1.807, 2.05) is 6.07 Å². The summed E-state index contributed by atoms with van der Waals surface area (Å²) in [5.74, 6) is 1.25. The number of hydrogen-bond acceptors (Lipinski definition) is 8. The van der Waals surface area contributed by atoms with Gasteiger partial charge in [0.1, 0.15) is 24.4 Å². The van der Waals surface area contributed by atoms with Crippen molar-refractivity contribution in [3.8, 4) is 11.9 Å². The topological polar surface area (TPSA) is 104 Å². The van der Waals surface area contributed by atoms with Crippen molar-refractivity contribution in [2.75, 3.05) is 31.2 Å². The minimum atomic E-state index is -0.856. The van der Waals surface area contributed by atoms with Gasteiger partial charge in [0.05, 0.1) is 29.2 Å². The Hall–Kier alpha value is -3.14. The predicted molar refractivity (Wildman–Crippen MR) is 131 cm³/mol. The van der Waals surface area contributed by atoms with Gasteiger partial charge in [-0.1, -0.05) is 12.2 Å². The number of anilines is 1. The van der Waals surface area contributed by atoms with Gasteiger partial charge >= 0.3 is 12.1 Å². The van der Waals surface area contributed by atoms with Gasteiger partial charge in [-0.25, -0.2) is 9.78 Å². The molecule has 6 aliphatic rings. The van der Waals surface area contributed by atoms with Gasteiger partial charge in [-0.3, -0.25) is 9.80 Å². The Balaban J connectivity index is 1.16. The number of fused-ring (bicyclic) bond motifs is 7. The summed E-state index contributed by atoms with van der Waals surface area (Å²) in [7, 11) is 0. The first-order chi connectivity index (χ1) is 17.5. The van der Waals surface area contributed by atoms with E-state index in [1.54, 1.807) is 11.1 Å². The number of aromatic nitrogens is 3. The van der Waals surface area contributed by atoms with Gasteiger partial charge in [-0.2, -0.15) is 9.97 Å². The molecule has 2 bridgehead atoms. The fourth-order valence-electron chi connectivity index (χ4n) is 7.91. The first-order valence-electron chi connectivity index (χ1n) is 13.1. The summed E-state index contributed by atoms with van der Waals surface area (Å²) < 4.78 is 12.6. The third kappa shape index (κ3) is 2.76. The molecule has 1 aliphatic carbocycles. The van der Waals surface area contributed by atoms with Crippen LogP contribution in [-0.2, 0) is 0 Å². The van der Waals surface area contributed by atoms with Crippen molar-refractivity contribution in [3.63, 3.8) is 0 Å². The minimum absolute atomic E-state index is 0.0126.